The number of hydrogen-bond donors (Lipinski definition) is 3. The minimum atomic E-state index is -0.230. The van der Waals surface area contributed by atoms with Crippen LogP contribution in [0.3, 0.4) is 0 Å². The van der Waals surface area contributed by atoms with Gasteiger partial charge in [-0.2, -0.15) is 0 Å². The average molecular weight is 243 g/mol. The van der Waals surface area contributed by atoms with Crippen molar-refractivity contribution in [3.8, 4) is 0 Å². The predicted molar refractivity (Wildman–Crippen MR) is 68.4 cm³/mol. The SMILES string of the molecule is CCC(N)CC(=O)NCCC(=O)NC(C)(C)C. The highest BCUT2D eigenvalue weighted by Gasteiger charge is 2.13. The Hall–Kier alpha value is -1.10. The summed E-state index contributed by atoms with van der Waals surface area (Å²) in [4.78, 5) is 22.8. The number of carbonyl (C=O) groups excluding carboxylic acids is 2. The third-order valence-corrected chi connectivity index (χ3v) is 2.16. The van der Waals surface area contributed by atoms with E-state index in [4.69, 9.17) is 5.73 Å². The van der Waals surface area contributed by atoms with E-state index in [1.165, 1.54) is 0 Å². The standard InChI is InChI=1S/C12H25N3O2/c1-5-9(13)8-11(17)14-7-6-10(16)15-12(2,3)4/h9H,5-8,13H2,1-4H3,(H,14,17)(H,15,16). The molecule has 0 aliphatic carbocycles. The van der Waals surface area contributed by atoms with Crippen LogP contribution < -0.4 is 16.4 Å². The van der Waals surface area contributed by atoms with Gasteiger partial charge in [0.2, 0.25) is 11.8 Å². The molecule has 0 aromatic heterocycles. The van der Waals surface area contributed by atoms with Gasteiger partial charge in [-0.15, -0.1) is 0 Å². The lowest BCUT2D eigenvalue weighted by atomic mass is 10.1. The molecule has 0 saturated heterocycles. The van der Waals surface area contributed by atoms with Crippen molar-refractivity contribution in [3.63, 3.8) is 0 Å². The van der Waals surface area contributed by atoms with Crippen molar-refractivity contribution in [3.05, 3.63) is 0 Å². The number of carbonyl (C=O) groups is 2. The molecule has 17 heavy (non-hydrogen) atoms. The highest BCUT2D eigenvalue weighted by molar-refractivity contribution is 5.79. The van der Waals surface area contributed by atoms with E-state index in [0.29, 0.717) is 19.4 Å². The molecular weight excluding hydrogens is 218 g/mol. The van der Waals surface area contributed by atoms with E-state index < -0.39 is 0 Å². The van der Waals surface area contributed by atoms with E-state index in [1.54, 1.807) is 0 Å². The van der Waals surface area contributed by atoms with Crippen molar-refractivity contribution in [1.29, 1.82) is 0 Å². The second kappa shape index (κ2) is 7.27. The highest BCUT2D eigenvalue weighted by atomic mass is 16.2. The van der Waals surface area contributed by atoms with Gasteiger partial charge in [0.05, 0.1) is 0 Å². The first-order chi connectivity index (χ1) is 7.74. The van der Waals surface area contributed by atoms with Gasteiger partial charge in [0.1, 0.15) is 0 Å². The van der Waals surface area contributed by atoms with Crippen LogP contribution in [0.1, 0.15) is 47.0 Å². The van der Waals surface area contributed by atoms with Crippen LogP contribution in [-0.4, -0.2) is 29.9 Å². The maximum absolute atomic E-state index is 11.4. The second-order valence-corrected chi connectivity index (χ2v) is 5.27. The summed E-state index contributed by atoms with van der Waals surface area (Å²) < 4.78 is 0. The van der Waals surface area contributed by atoms with Crippen molar-refractivity contribution in [2.75, 3.05) is 6.54 Å². The fourth-order valence-corrected chi connectivity index (χ4v) is 1.25. The third-order valence-electron chi connectivity index (χ3n) is 2.16. The van der Waals surface area contributed by atoms with Crippen LogP contribution in [0.15, 0.2) is 0 Å². The van der Waals surface area contributed by atoms with Gasteiger partial charge in [0.25, 0.3) is 0 Å². The first kappa shape index (κ1) is 15.9. The van der Waals surface area contributed by atoms with Crippen molar-refractivity contribution in [2.45, 2.75) is 58.5 Å². The van der Waals surface area contributed by atoms with E-state index in [9.17, 15) is 9.59 Å². The van der Waals surface area contributed by atoms with Crippen LogP contribution in [-0.2, 0) is 9.59 Å². The molecular formula is C12H25N3O2. The molecule has 0 bridgehead atoms. The number of rotatable bonds is 6. The maximum Gasteiger partial charge on any atom is 0.222 e. The van der Waals surface area contributed by atoms with Crippen LogP contribution >= 0.6 is 0 Å². The normalized spacial score (nSPS) is 13.0. The Morgan fingerprint density at radius 1 is 1.24 bits per heavy atom. The Morgan fingerprint density at radius 2 is 1.82 bits per heavy atom. The molecule has 0 radical (unpaired) electrons. The molecule has 1 atom stereocenters. The molecule has 0 heterocycles. The highest BCUT2D eigenvalue weighted by Crippen LogP contribution is 1.98. The monoisotopic (exact) mass is 243 g/mol. The molecule has 2 amide bonds. The average Bonchev–Trinajstić information content (AvgIpc) is 2.14. The summed E-state index contributed by atoms with van der Waals surface area (Å²) in [5, 5.41) is 5.51. The van der Waals surface area contributed by atoms with Gasteiger partial charge in [-0.25, -0.2) is 0 Å². The zero-order valence-corrected chi connectivity index (χ0v) is 11.3. The smallest absolute Gasteiger partial charge is 0.222 e. The molecule has 0 aromatic rings. The molecule has 0 aliphatic heterocycles. The number of nitrogens with two attached hydrogens (primary N) is 1. The Morgan fingerprint density at radius 3 is 2.29 bits per heavy atom. The van der Waals surface area contributed by atoms with Crippen molar-refractivity contribution in [1.82, 2.24) is 10.6 Å². The molecule has 5 heteroatoms. The van der Waals surface area contributed by atoms with Crippen LogP contribution in [0.5, 0.6) is 0 Å². The van der Waals surface area contributed by atoms with Crippen LogP contribution in [0, 0.1) is 0 Å². The summed E-state index contributed by atoms with van der Waals surface area (Å²) in [5.41, 5.74) is 5.42. The summed E-state index contributed by atoms with van der Waals surface area (Å²) in [7, 11) is 0. The van der Waals surface area contributed by atoms with Gasteiger partial charge in [0, 0.05) is 31.0 Å². The topological polar surface area (TPSA) is 84.2 Å². The summed E-state index contributed by atoms with van der Waals surface area (Å²) in [6, 6.07) is -0.0987. The van der Waals surface area contributed by atoms with Gasteiger partial charge in [-0.1, -0.05) is 6.92 Å². The summed E-state index contributed by atoms with van der Waals surface area (Å²) in [6.07, 6.45) is 1.39. The molecule has 0 aromatic carbocycles. The zero-order valence-electron chi connectivity index (χ0n) is 11.3. The summed E-state index contributed by atoms with van der Waals surface area (Å²) in [5.74, 6) is -0.152. The van der Waals surface area contributed by atoms with Crippen LogP contribution in [0.2, 0.25) is 0 Å². The van der Waals surface area contributed by atoms with Gasteiger partial charge in [-0.3, -0.25) is 9.59 Å². The van der Waals surface area contributed by atoms with Gasteiger partial charge < -0.3 is 16.4 Å². The Labute approximate surface area is 104 Å². The first-order valence-electron chi connectivity index (χ1n) is 6.08. The van der Waals surface area contributed by atoms with E-state index in [-0.39, 0.29) is 23.4 Å². The third kappa shape index (κ3) is 9.81. The van der Waals surface area contributed by atoms with E-state index in [2.05, 4.69) is 10.6 Å². The Balaban J connectivity index is 3.70. The fourth-order valence-electron chi connectivity index (χ4n) is 1.25. The molecule has 0 aliphatic rings. The first-order valence-corrected chi connectivity index (χ1v) is 6.08. The lowest BCUT2D eigenvalue weighted by molar-refractivity contribution is -0.123. The van der Waals surface area contributed by atoms with E-state index in [0.717, 1.165) is 6.42 Å². The van der Waals surface area contributed by atoms with Gasteiger partial charge in [0.15, 0.2) is 0 Å². The van der Waals surface area contributed by atoms with Gasteiger partial charge in [-0.05, 0) is 27.2 Å². The molecule has 0 rings (SSSR count). The molecule has 5 nitrogen and oxygen atoms in total. The number of nitrogens with one attached hydrogen (secondary N) is 2. The van der Waals surface area contributed by atoms with E-state index >= 15 is 0 Å². The number of amides is 2. The quantitative estimate of drug-likeness (QED) is 0.636. The molecule has 4 N–H and O–H groups in total. The lowest BCUT2D eigenvalue weighted by Crippen LogP contribution is -2.42. The van der Waals surface area contributed by atoms with Crippen molar-refractivity contribution in [2.24, 2.45) is 5.73 Å². The molecule has 0 spiro atoms. The van der Waals surface area contributed by atoms with E-state index in [1.807, 2.05) is 27.7 Å². The minimum absolute atomic E-state index is 0.0578. The fraction of sp³-hybridized carbons (Fsp3) is 0.833. The summed E-state index contributed by atoms with van der Waals surface area (Å²) >= 11 is 0. The second-order valence-electron chi connectivity index (χ2n) is 5.27. The zero-order chi connectivity index (χ0) is 13.5. The number of hydrogen-bond acceptors (Lipinski definition) is 3. The lowest BCUT2D eigenvalue weighted by Gasteiger charge is -2.20. The van der Waals surface area contributed by atoms with Crippen molar-refractivity contribution >= 4 is 11.8 Å². The minimum Gasteiger partial charge on any atom is -0.356 e. The van der Waals surface area contributed by atoms with Gasteiger partial charge >= 0.3 is 0 Å². The Bertz CT molecular complexity index is 259. The van der Waals surface area contributed by atoms with Crippen LogP contribution in [0.25, 0.3) is 0 Å². The molecule has 0 saturated carbocycles. The predicted octanol–water partition coefficient (Wildman–Crippen LogP) is 0.535. The molecule has 100 valence electrons. The van der Waals surface area contributed by atoms with Crippen molar-refractivity contribution < 1.29 is 9.59 Å². The Kier molecular flexibility index (Phi) is 6.80. The molecule has 1 unspecified atom stereocenters. The summed E-state index contributed by atoms with van der Waals surface area (Å²) in [6.45, 7) is 8.06. The largest absolute Gasteiger partial charge is 0.356 e. The van der Waals surface area contributed by atoms with Crippen LogP contribution in [0.4, 0.5) is 0 Å². The maximum atomic E-state index is 11.4. The molecule has 0 fully saturated rings.